The topological polar surface area (TPSA) is 46.3 Å². The third-order valence-electron chi connectivity index (χ3n) is 3.24. The van der Waals surface area contributed by atoms with E-state index >= 15 is 0 Å². The van der Waals surface area contributed by atoms with Crippen LogP contribution in [0.15, 0.2) is 42.5 Å². The first kappa shape index (κ1) is 15.7. The van der Waals surface area contributed by atoms with Crippen LogP contribution >= 0.6 is 23.2 Å². The van der Waals surface area contributed by atoms with Gasteiger partial charge in [-0.15, -0.1) is 0 Å². The molecule has 0 fully saturated rings. The van der Waals surface area contributed by atoms with Crippen molar-refractivity contribution in [1.82, 2.24) is 4.90 Å². The molecule has 0 aromatic heterocycles. The van der Waals surface area contributed by atoms with Crippen molar-refractivity contribution in [1.29, 1.82) is 0 Å². The van der Waals surface area contributed by atoms with Crippen LogP contribution in [0.5, 0.6) is 0 Å². The highest BCUT2D eigenvalue weighted by molar-refractivity contribution is 6.35. The number of amides is 1. The Labute approximate surface area is 134 Å². The molecule has 110 valence electrons. The molecular weight excluding hydrogens is 307 g/mol. The van der Waals surface area contributed by atoms with E-state index in [1.807, 2.05) is 31.2 Å². The van der Waals surface area contributed by atoms with E-state index in [4.69, 9.17) is 28.9 Å². The van der Waals surface area contributed by atoms with Crippen LogP contribution in [0.4, 0.5) is 5.69 Å². The van der Waals surface area contributed by atoms with E-state index < -0.39 is 0 Å². The van der Waals surface area contributed by atoms with Gasteiger partial charge in [-0.3, -0.25) is 4.79 Å². The number of hydrogen-bond donors (Lipinski definition) is 1. The normalized spacial score (nSPS) is 10.4. The zero-order valence-corrected chi connectivity index (χ0v) is 13.2. The van der Waals surface area contributed by atoms with Crippen molar-refractivity contribution in [2.45, 2.75) is 13.5 Å². The first-order valence-corrected chi connectivity index (χ1v) is 7.36. The highest BCUT2D eigenvalue weighted by Gasteiger charge is 2.18. The average Bonchev–Trinajstić information content (AvgIpc) is 2.48. The van der Waals surface area contributed by atoms with E-state index in [1.165, 1.54) is 0 Å². The Morgan fingerprint density at radius 2 is 1.90 bits per heavy atom. The number of para-hydroxylation sites is 1. The number of nitrogen functional groups attached to an aromatic ring is 1. The molecule has 0 spiro atoms. The van der Waals surface area contributed by atoms with Gasteiger partial charge in [-0.2, -0.15) is 0 Å². The highest BCUT2D eigenvalue weighted by atomic mass is 35.5. The highest BCUT2D eigenvalue weighted by Crippen LogP contribution is 2.23. The smallest absolute Gasteiger partial charge is 0.255 e. The second-order valence-electron chi connectivity index (χ2n) is 4.64. The van der Waals surface area contributed by atoms with Gasteiger partial charge < -0.3 is 10.6 Å². The Morgan fingerprint density at radius 1 is 1.19 bits per heavy atom. The summed E-state index contributed by atoms with van der Waals surface area (Å²) in [5, 5.41) is 0.877. The molecule has 0 unspecified atom stereocenters. The minimum atomic E-state index is -0.159. The van der Waals surface area contributed by atoms with Crippen molar-refractivity contribution < 1.29 is 4.79 Å². The van der Waals surface area contributed by atoms with Gasteiger partial charge in [-0.1, -0.05) is 41.4 Å². The number of benzene rings is 2. The van der Waals surface area contributed by atoms with Crippen LogP contribution in [-0.2, 0) is 6.54 Å². The van der Waals surface area contributed by atoms with Gasteiger partial charge in [0, 0.05) is 23.8 Å². The molecule has 0 bridgehead atoms. The van der Waals surface area contributed by atoms with Crippen molar-refractivity contribution in [3.05, 3.63) is 63.6 Å². The largest absolute Gasteiger partial charge is 0.398 e. The average molecular weight is 323 g/mol. The molecule has 21 heavy (non-hydrogen) atoms. The molecule has 0 saturated carbocycles. The molecular formula is C16H16Cl2N2O. The van der Waals surface area contributed by atoms with Crippen molar-refractivity contribution in [3.63, 3.8) is 0 Å². The van der Waals surface area contributed by atoms with Crippen LogP contribution in [0, 0.1) is 0 Å². The zero-order valence-electron chi connectivity index (χ0n) is 11.6. The predicted molar refractivity (Wildman–Crippen MR) is 87.7 cm³/mol. The lowest BCUT2D eigenvalue weighted by molar-refractivity contribution is 0.0753. The summed E-state index contributed by atoms with van der Waals surface area (Å²) < 4.78 is 0. The molecule has 2 aromatic rings. The lowest BCUT2D eigenvalue weighted by atomic mass is 10.1. The summed E-state index contributed by atoms with van der Waals surface area (Å²) in [5.74, 6) is -0.159. The lowest BCUT2D eigenvalue weighted by Crippen LogP contribution is -2.30. The standard InChI is InChI=1S/C16H16Cl2N2O/c1-2-20(10-11-5-3-4-6-15(11)19)16(21)13-9-12(17)7-8-14(13)18/h3-9H,2,10,19H2,1H3. The molecule has 0 saturated heterocycles. The number of carbonyl (C=O) groups is 1. The maximum absolute atomic E-state index is 12.6. The van der Waals surface area contributed by atoms with E-state index in [9.17, 15) is 4.79 Å². The van der Waals surface area contributed by atoms with E-state index in [2.05, 4.69) is 0 Å². The number of rotatable bonds is 4. The molecule has 2 N–H and O–H groups in total. The summed E-state index contributed by atoms with van der Waals surface area (Å²) in [6, 6.07) is 12.4. The van der Waals surface area contributed by atoms with Gasteiger partial charge in [0.2, 0.25) is 0 Å². The van der Waals surface area contributed by atoms with E-state index in [0.717, 1.165) is 5.56 Å². The van der Waals surface area contributed by atoms with E-state index in [1.54, 1.807) is 23.1 Å². The third-order valence-corrected chi connectivity index (χ3v) is 3.81. The SMILES string of the molecule is CCN(Cc1ccccc1N)C(=O)c1cc(Cl)ccc1Cl. The molecule has 2 rings (SSSR count). The first-order valence-electron chi connectivity index (χ1n) is 6.60. The summed E-state index contributed by atoms with van der Waals surface area (Å²) in [6.07, 6.45) is 0. The minimum Gasteiger partial charge on any atom is -0.398 e. The van der Waals surface area contributed by atoms with Crippen LogP contribution in [0.1, 0.15) is 22.8 Å². The maximum atomic E-state index is 12.6. The molecule has 2 aromatic carbocycles. The molecule has 3 nitrogen and oxygen atoms in total. The van der Waals surface area contributed by atoms with Gasteiger partial charge >= 0.3 is 0 Å². The van der Waals surface area contributed by atoms with Crippen LogP contribution < -0.4 is 5.73 Å². The number of anilines is 1. The summed E-state index contributed by atoms with van der Waals surface area (Å²) in [6.45, 7) is 2.90. The second kappa shape index (κ2) is 6.83. The first-order chi connectivity index (χ1) is 10.0. The Kier molecular flexibility index (Phi) is 5.10. The summed E-state index contributed by atoms with van der Waals surface area (Å²) in [5.41, 5.74) is 7.91. The summed E-state index contributed by atoms with van der Waals surface area (Å²) in [4.78, 5) is 14.3. The maximum Gasteiger partial charge on any atom is 0.255 e. The molecule has 0 atom stereocenters. The Morgan fingerprint density at radius 3 is 2.57 bits per heavy atom. The fourth-order valence-corrected chi connectivity index (χ4v) is 2.41. The number of nitrogens with two attached hydrogens (primary N) is 1. The molecule has 1 amide bonds. The van der Waals surface area contributed by atoms with Gasteiger partial charge in [-0.25, -0.2) is 0 Å². The summed E-state index contributed by atoms with van der Waals surface area (Å²) >= 11 is 12.0. The predicted octanol–water partition coefficient (Wildman–Crippen LogP) is 4.24. The second-order valence-corrected chi connectivity index (χ2v) is 5.49. The minimum absolute atomic E-state index is 0.159. The lowest BCUT2D eigenvalue weighted by Gasteiger charge is -2.22. The fourth-order valence-electron chi connectivity index (χ4n) is 2.04. The molecule has 0 aliphatic carbocycles. The zero-order chi connectivity index (χ0) is 15.4. The molecule has 0 radical (unpaired) electrons. The van der Waals surface area contributed by atoms with Crippen molar-refractivity contribution in [3.8, 4) is 0 Å². The molecule has 0 heterocycles. The van der Waals surface area contributed by atoms with Crippen molar-refractivity contribution in [2.75, 3.05) is 12.3 Å². The Bertz CT molecular complexity index is 658. The Balaban J connectivity index is 2.27. The van der Waals surface area contributed by atoms with Gasteiger partial charge in [0.25, 0.3) is 5.91 Å². The van der Waals surface area contributed by atoms with E-state index in [-0.39, 0.29) is 5.91 Å². The molecule has 0 aliphatic rings. The van der Waals surface area contributed by atoms with E-state index in [0.29, 0.717) is 34.4 Å². The number of halogens is 2. The number of nitrogens with zero attached hydrogens (tertiary/aromatic N) is 1. The van der Waals surface area contributed by atoms with Gasteiger partial charge in [0.1, 0.15) is 0 Å². The number of carbonyl (C=O) groups excluding carboxylic acids is 1. The molecule has 5 heteroatoms. The van der Waals surface area contributed by atoms with Crippen LogP contribution in [0.25, 0.3) is 0 Å². The Hall–Kier alpha value is -1.71. The number of hydrogen-bond acceptors (Lipinski definition) is 2. The van der Waals surface area contributed by atoms with Gasteiger partial charge in [0.15, 0.2) is 0 Å². The van der Waals surface area contributed by atoms with Crippen LogP contribution in [-0.4, -0.2) is 17.4 Å². The third kappa shape index (κ3) is 3.69. The summed E-state index contributed by atoms with van der Waals surface area (Å²) in [7, 11) is 0. The molecule has 0 aliphatic heterocycles. The van der Waals surface area contributed by atoms with Crippen LogP contribution in [0.3, 0.4) is 0 Å². The van der Waals surface area contributed by atoms with Crippen molar-refractivity contribution >= 4 is 34.8 Å². The van der Waals surface area contributed by atoms with Gasteiger partial charge in [0.05, 0.1) is 10.6 Å². The van der Waals surface area contributed by atoms with Crippen molar-refractivity contribution in [2.24, 2.45) is 0 Å². The fraction of sp³-hybridized carbons (Fsp3) is 0.188. The van der Waals surface area contributed by atoms with Gasteiger partial charge in [-0.05, 0) is 36.8 Å². The monoisotopic (exact) mass is 322 g/mol. The quantitative estimate of drug-likeness (QED) is 0.856. The van der Waals surface area contributed by atoms with Crippen LogP contribution in [0.2, 0.25) is 10.0 Å².